The third-order valence-electron chi connectivity index (χ3n) is 4.15. The molecule has 112 valence electrons. The van der Waals surface area contributed by atoms with E-state index in [0.29, 0.717) is 11.8 Å². The largest absolute Gasteiger partial charge is 0.354 e. The summed E-state index contributed by atoms with van der Waals surface area (Å²) < 4.78 is 0. The summed E-state index contributed by atoms with van der Waals surface area (Å²) in [6, 6.07) is 0.252. The SMILES string of the molecule is CC(C)NC(=O)CCN1CCCC(C(C)(C)C)CC1. The van der Waals surface area contributed by atoms with Crippen molar-refractivity contribution in [2.24, 2.45) is 11.3 Å². The molecular weight excluding hydrogens is 236 g/mol. The molecule has 3 heteroatoms. The summed E-state index contributed by atoms with van der Waals surface area (Å²) in [7, 11) is 0. The monoisotopic (exact) mass is 268 g/mol. The summed E-state index contributed by atoms with van der Waals surface area (Å²) in [5.41, 5.74) is 0.422. The van der Waals surface area contributed by atoms with Crippen LogP contribution in [0.2, 0.25) is 0 Å². The maximum Gasteiger partial charge on any atom is 0.221 e. The van der Waals surface area contributed by atoms with Gasteiger partial charge in [-0.15, -0.1) is 0 Å². The Kier molecular flexibility index (Phi) is 6.31. The molecule has 1 amide bonds. The van der Waals surface area contributed by atoms with Crippen LogP contribution in [-0.2, 0) is 4.79 Å². The van der Waals surface area contributed by atoms with Crippen LogP contribution in [0.3, 0.4) is 0 Å². The topological polar surface area (TPSA) is 32.3 Å². The highest BCUT2D eigenvalue weighted by molar-refractivity contribution is 5.76. The van der Waals surface area contributed by atoms with Crippen molar-refractivity contribution in [1.29, 1.82) is 0 Å². The number of amides is 1. The Labute approximate surface area is 119 Å². The molecule has 1 aliphatic heterocycles. The summed E-state index contributed by atoms with van der Waals surface area (Å²) >= 11 is 0. The van der Waals surface area contributed by atoms with E-state index in [9.17, 15) is 4.79 Å². The fraction of sp³-hybridized carbons (Fsp3) is 0.938. The number of nitrogens with one attached hydrogen (secondary N) is 1. The standard InChI is InChI=1S/C16H32N2O/c1-13(2)17-15(19)9-12-18-10-6-7-14(8-11-18)16(3,4)5/h13-14H,6-12H2,1-5H3,(H,17,19). The number of carbonyl (C=O) groups excluding carboxylic acids is 1. The maximum atomic E-state index is 11.7. The van der Waals surface area contributed by atoms with Crippen molar-refractivity contribution >= 4 is 5.91 Å². The van der Waals surface area contributed by atoms with Crippen LogP contribution < -0.4 is 5.32 Å². The van der Waals surface area contributed by atoms with E-state index in [1.54, 1.807) is 0 Å². The number of rotatable bonds is 4. The molecule has 0 bridgehead atoms. The molecule has 0 aromatic rings. The molecule has 1 unspecified atom stereocenters. The number of likely N-dealkylation sites (tertiary alicyclic amines) is 1. The Morgan fingerprint density at radius 1 is 1.26 bits per heavy atom. The molecule has 1 N–H and O–H groups in total. The molecule has 0 saturated carbocycles. The van der Waals surface area contributed by atoms with Gasteiger partial charge in [-0.2, -0.15) is 0 Å². The van der Waals surface area contributed by atoms with Crippen molar-refractivity contribution in [3.05, 3.63) is 0 Å². The van der Waals surface area contributed by atoms with E-state index in [2.05, 4.69) is 31.0 Å². The number of hydrogen-bond donors (Lipinski definition) is 1. The normalized spacial score (nSPS) is 22.3. The Morgan fingerprint density at radius 3 is 2.53 bits per heavy atom. The molecule has 1 heterocycles. The van der Waals surface area contributed by atoms with Crippen LogP contribution in [0, 0.1) is 11.3 Å². The molecule has 0 aromatic carbocycles. The second-order valence-corrected chi connectivity index (χ2v) is 7.31. The van der Waals surface area contributed by atoms with Crippen LogP contribution in [0.25, 0.3) is 0 Å². The van der Waals surface area contributed by atoms with E-state index in [4.69, 9.17) is 0 Å². The molecule has 1 rings (SSSR count). The minimum absolute atomic E-state index is 0.187. The molecule has 1 fully saturated rings. The summed E-state index contributed by atoms with van der Waals surface area (Å²) in [6.45, 7) is 14.3. The van der Waals surface area contributed by atoms with Crippen LogP contribution in [-0.4, -0.2) is 36.5 Å². The lowest BCUT2D eigenvalue weighted by molar-refractivity contribution is -0.121. The molecule has 1 aliphatic rings. The van der Waals surface area contributed by atoms with Gasteiger partial charge in [-0.1, -0.05) is 20.8 Å². The highest BCUT2D eigenvalue weighted by Crippen LogP contribution is 2.34. The zero-order valence-electron chi connectivity index (χ0n) is 13.5. The zero-order valence-corrected chi connectivity index (χ0v) is 13.5. The minimum atomic E-state index is 0.187. The molecular formula is C16H32N2O. The molecule has 0 spiro atoms. The van der Waals surface area contributed by atoms with Gasteiger partial charge in [-0.25, -0.2) is 0 Å². The summed E-state index contributed by atoms with van der Waals surface area (Å²) in [4.78, 5) is 14.1. The van der Waals surface area contributed by atoms with Crippen LogP contribution in [0.4, 0.5) is 0 Å². The summed E-state index contributed by atoms with van der Waals surface area (Å²) in [5.74, 6) is 1.01. The van der Waals surface area contributed by atoms with Gasteiger partial charge in [0, 0.05) is 19.0 Å². The number of carbonyl (C=O) groups is 1. The smallest absolute Gasteiger partial charge is 0.221 e. The van der Waals surface area contributed by atoms with E-state index >= 15 is 0 Å². The lowest BCUT2D eigenvalue weighted by atomic mass is 9.77. The zero-order chi connectivity index (χ0) is 14.5. The lowest BCUT2D eigenvalue weighted by Crippen LogP contribution is -2.34. The van der Waals surface area contributed by atoms with Gasteiger partial charge >= 0.3 is 0 Å². The van der Waals surface area contributed by atoms with Crippen molar-refractivity contribution in [2.75, 3.05) is 19.6 Å². The fourth-order valence-electron chi connectivity index (χ4n) is 2.90. The molecule has 1 saturated heterocycles. The fourth-order valence-corrected chi connectivity index (χ4v) is 2.90. The number of hydrogen-bond acceptors (Lipinski definition) is 2. The van der Waals surface area contributed by atoms with Crippen molar-refractivity contribution < 1.29 is 4.79 Å². The molecule has 0 aromatic heterocycles. The van der Waals surface area contributed by atoms with Gasteiger partial charge in [0.2, 0.25) is 5.91 Å². The quantitative estimate of drug-likeness (QED) is 0.850. The van der Waals surface area contributed by atoms with E-state index in [1.807, 2.05) is 13.8 Å². The van der Waals surface area contributed by atoms with Crippen LogP contribution in [0.15, 0.2) is 0 Å². The van der Waals surface area contributed by atoms with Crippen molar-refractivity contribution in [2.45, 2.75) is 66.3 Å². The Morgan fingerprint density at radius 2 is 1.95 bits per heavy atom. The van der Waals surface area contributed by atoms with Crippen LogP contribution in [0.1, 0.15) is 60.3 Å². The molecule has 0 aliphatic carbocycles. The van der Waals surface area contributed by atoms with Crippen molar-refractivity contribution in [3.63, 3.8) is 0 Å². The molecule has 3 nitrogen and oxygen atoms in total. The predicted molar refractivity (Wildman–Crippen MR) is 81.1 cm³/mol. The van der Waals surface area contributed by atoms with Gasteiger partial charge in [0.05, 0.1) is 0 Å². The Hall–Kier alpha value is -0.570. The van der Waals surface area contributed by atoms with Gasteiger partial charge < -0.3 is 10.2 Å². The van der Waals surface area contributed by atoms with Crippen LogP contribution >= 0.6 is 0 Å². The number of nitrogens with zero attached hydrogens (tertiary/aromatic N) is 1. The molecule has 1 atom stereocenters. The van der Waals surface area contributed by atoms with Gasteiger partial charge in [0.1, 0.15) is 0 Å². The van der Waals surface area contributed by atoms with Crippen molar-refractivity contribution in [1.82, 2.24) is 10.2 Å². The third-order valence-corrected chi connectivity index (χ3v) is 4.15. The minimum Gasteiger partial charge on any atom is -0.354 e. The highest BCUT2D eigenvalue weighted by Gasteiger charge is 2.26. The first kappa shape index (κ1) is 16.5. The average molecular weight is 268 g/mol. The van der Waals surface area contributed by atoms with Gasteiger partial charge in [-0.3, -0.25) is 4.79 Å². The van der Waals surface area contributed by atoms with Gasteiger partial charge in [0.15, 0.2) is 0 Å². The third kappa shape index (κ3) is 6.42. The highest BCUT2D eigenvalue weighted by atomic mass is 16.1. The van der Waals surface area contributed by atoms with Crippen LogP contribution in [0.5, 0.6) is 0 Å². The lowest BCUT2D eigenvalue weighted by Gasteiger charge is -2.29. The second kappa shape index (κ2) is 7.28. The summed E-state index contributed by atoms with van der Waals surface area (Å²) in [5, 5.41) is 2.97. The second-order valence-electron chi connectivity index (χ2n) is 7.31. The first-order valence-electron chi connectivity index (χ1n) is 7.80. The Bertz CT molecular complexity index is 281. The Balaban J connectivity index is 2.31. The van der Waals surface area contributed by atoms with E-state index in [0.717, 1.165) is 25.6 Å². The first-order valence-corrected chi connectivity index (χ1v) is 7.80. The molecule has 19 heavy (non-hydrogen) atoms. The maximum absolute atomic E-state index is 11.7. The van der Waals surface area contributed by atoms with E-state index in [1.165, 1.54) is 19.3 Å². The van der Waals surface area contributed by atoms with E-state index < -0.39 is 0 Å². The first-order chi connectivity index (χ1) is 8.79. The molecule has 0 radical (unpaired) electrons. The predicted octanol–water partition coefficient (Wildman–Crippen LogP) is 3.05. The van der Waals surface area contributed by atoms with Crippen molar-refractivity contribution in [3.8, 4) is 0 Å². The average Bonchev–Trinajstić information content (AvgIpc) is 2.49. The summed E-state index contributed by atoms with van der Waals surface area (Å²) in [6.07, 6.45) is 4.51. The van der Waals surface area contributed by atoms with E-state index in [-0.39, 0.29) is 11.9 Å². The van der Waals surface area contributed by atoms with Gasteiger partial charge in [-0.05, 0) is 57.5 Å². The van der Waals surface area contributed by atoms with Gasteiger partial charge in [0.25, 0.3) is 0 Å².